The average molecular weight is 217 g/mol. The largest absolute Gasteiger partial charge is 0.615 e. The summed E-state index contributed by atoms with van der Waals surface area (Å²) in [6.45, 7) is 0. The molecular weight excluding hydrogens is 208 g/mol. The Morgan fingerprint density at radius 1 is 1.43 bits per heavy atom. The molecule has 1 saturated heterocycles. The lowest BCUT2D eigenvalue weighted by Gasteiger charge is -2.08. The van der Waals surface area contributed by atoms with Gasteiger partial charge in [-0.15, -0.1) is 0 Å². The molecule has 1 aliphatic rings. The summed E-state index contributed by atoms with van der Waals surface area (Å²) >= 11 is -0.969. The predicted octanol–water partition coefficient (Wildman–Crippen LogP) is 1.32. The smallest absolute Gasteiger partial charge is 0.157 e. The van der Waals surface area contributed by atoms with Gasteiger partial charge in [0.1, 0.15) is 17.4 Å². The second kappa shape index (κ2) is 3.84. The quantitative estimate of drug-likeness (QED) is 0.720. The van der Waals surface area contributed by atoms with Crippen molar-refractivity contribution < 1.29 is 13.3 Å². The molecule has 2 atom stereocenters. The first-order chi connectivity index (χ1) is 6.66. The lowest BCUT2D eigenvalue weighted by molar-refractivity contribution is 0.553. The van der Waals surface area contributed by atoms with Crippen molar-refractivity contribution in [2.45, 2.75) is 6.04 Å². The normalized spacial score (nSPS) is 26.8. The van der Waals surface area contributed by atoms with E-state index < -0.39 is 22.8 Å². The van der Waals surface area contributed by atoms with Crippen LogP contribution in [0.4, 0.5) is 8.78 Å². The number of benzene rings is 1. The van der Waals surface area contributed by atoms with Gasteiger partial charge < -0.3 is 4.55 Å². The van der Waals surface area contributed by atoms with Crippen molar-refractivity contribution in [3.8, 4) is 0 Å². The van der Waals surface area contributed by atoms with E-state index in [-0.39, 0.29) is 11.6 Å². The van der Waals surface area contributed by atoms with Crippen molar-refractivity contribution in [3.63, 3.8) is 0 Å². The van der Waals surface area contributed by atoms with Gasteiger partial charge in [-0.25, -0.2) is 8.78 Å². The molecule has 2 unspecified atom stereocenters. The van der Waals surface area contributed by atoms with Gasteiger partial charge in [0.15, 0.2) is 5.88 Å². The van der Waals surface area contributed by atoms with Crippen LogP contribution in [0.2, 0.25) is 0 Å². The Labute approximate surface area is 83.5 Å². The van der Waals surface area contributed by atoms with Crippen LogP contribution >= 0.6 is 0 Å². The summed E-state index contributed by atoms with van der Waals surface area (Å²) in [5, 5.41) is 2.88. The summed E-state index contributed by atoms with van der Waals surface area (Å²) in [5.74, 6) is -0.232. The van der Waals surface area contributed by atoms with E-state index in [0.717, 1.165) is 18.2 Å². The van der Waals surface area contributed by atoms with Crippen LogP contribution in [0, 0.1) is 11.6 Å². The Morgan fingerprint density at radius 2 is 2.21 bits per heavy atom. The van der Waals surface area contributed by atoms with E-state index in [2.05, 4.69) is 5.32 Å². The minimum absolute atomic E-state index is 0.260. The average Bonchev–Trinajstić information content (AvgIpc) is 2.56. The molecule has 0 aromatic heterocycles. The summed E-state index contributed by atoms with van der Waals surface area (Å²) in [4.78, 5) is 0. The number of rotatable bonds is 1. The van der Waals surface area contributed by atoms with Crippen molar-refractivity contribution in [2.24, 2.45) is 0 Å². The Kier molecular flexibility index (Phi) is 2.71. The highest BCUT2D eigenvalue weighted by molar-refractivity contribution is 7.91. The molecule has 1 N–H and O–H groups in total. The fraction of sp³-hybridized carbons (Fsp3) is 0.333. The molecule has 1 aromatic carbocycles. The number of hydrogen-bond acceptors (Lipinski definition) is 2. The maximum atomic E-state index is 13.2. The molecule has 2 nitrogen and oxygen atoms in total. The van der Waals surface area contributed by atoms with E-state index in [0.29, 0.717) is 11.6 Å². The number of halogens is 2. The molecule has 0 bridgehead atoms. The molecule has 0 spiro atoms. The summed E-state index contributed by atoms with van der Waals surface area (Å²) in [6, 6.07) is 2.99. The van der Waals surface area contributed by atoms with Gasteiger partial charge >= 0.3 is 0 Å². The third-order valence-corrected chi connectivity index (χ3v) is 3.37. The zero-order valence-electron chi connectivity index (χ0n) is 7.30. The molecule has 1 aromatic rings. The molecular formula is C9H9F2NOS. The second-order valence-electron chi connectivity index (χ2n) is 3.17. The van der Waals surface area contributed by atoms with Crippen molar-refractivity contribution in [1.82, 2.24) is 5.32 Å². The minimum atomic E-state index is -0.969. The highest BCUT2D eigenvalue weighted by Gasteiger charge is 2.28. The van der Waals surface area contributed by atoms with E-state index in [4.69, 9.17) is 0 Å². The molecule has 1 heterocycles. The van der Waals surface area contributed by atoms with Crippen LogP contribution < -0.4 is 5.32 Å². The minimum Gasteiger partial charge on any atom is -0.615 e. The van der Waals surface area contributed by atoms with Gasteiger partial charge in [0.2, 0.25) is 0 Å². The Bertz CT molecular complexity index is 348. The first kappa shape index (κ1) is 9.89. The third kappa shape index (κ3) is 1.89. The lowest BCUT2D eigenvalue weighted by Crippen LogP contribution is -2.16. The monoisotopic (exact) mass is 217 g/mol. The van der Waals surface area contributed by atoms with Crippen LogP contribution in [0.15, 0.2) is 18.2 Å². The zero-order chi connectivity index (χ0) is 10.1. The van der Waals surface area contributed by atoms with Gasteiger partial charge in [-0.3, -0.25) is 5.32 Å². The Morgan fingerprint density at radius 3 is 2.86 bits per heavy atom. The van der Waals surface area contributed by atoms with Crippen LogP contribution in [0.1, 0.15) is 11.6 Å². The zero-order valence-corrected chi connectivity index (χ0v) is 8.11. The van der Waals surface area contributed by atoms with E-state index in [1.165, 1.54) is 0 Å². The van der Waals surface area contributed by atoms with Gasteiger partial charge in [-0.2, -0.15) is 0 Å². The van der Waals surface area contributed by atoms with Crippen LogP contribution in [0.3, 0.4) is 0 Å². The molecule has 2 rings (SSSR count). The fourth-order valence-electron chi connectivity index (χ4n) is 1.48. The molecule has 0 saturated carbocycles. The SMILES string of the molecule is [O-][S+]1CNC(c2cc(F)ccc2F)C1. The second-order valence-corrected chi connectivity index (χ2v) is 4.68. The van der Waals surface area contributed by atoms with Crippen LogP contribution in [-0.2, 0) is 11.2 Å². The molecule has 1 aliphatic heterocycles. The number of nitrogens with one attached hydrogen (secondary N) is 1. The van der Waals surface area contributed by atoms with Gasteiger partial charge in [-0.1, -0.05) is 0 Å². The van der Waals surface area contributed by atoms with Crippen molar-refractivity contribution >= 4 is 11.2 Å². The summed E-state index contributed by atoms with van der Waals surface area (Å²) in [7, 11) is 0. The van der Waals surface area contributed by atoms with Gasteiger partial charge in [-0.05, 0) is 29.4 Å². The van der Waals surface area contributed by atoms with Crippen LogP contribution in [0.5, 0.6) is 0 Å². The van der Waals surface area contributed by atoms with E-state index in [1.54, 1.807) is 0 Å². The van der Waals surface area contributed by atoms with E-state index in [1.807, 2.05) is 0 Å². The molecule has 76 valence electrons. The lowest BCUT2D eigenvalue weighted by atomic mass is 10.1. The molecule has 0 radical (unpaired) electrons. The highest BCUT2D eigenvalue weighted by Crippen LogP contribution is 2.23. The van der Waals surface area contributed by atoms with E-state index in [9.17, 15) is 13.3 Å². The molecule has 14 heavy (non-hydrogen) atoms. The van der Waals surface area contributed by atoms with Gasteiger partial charge in [0, 0.05) is 5.56 Å². The fourth-order valence-corrected chi connectivity index (χ4v) is 2.65. The first-order valence-electron chi connectivity index (χ1n) is 4.20. The first-order valence-corrected chi connectivity index (χ1v) is 5.69. The molecule has 0 amide bonds. The van der Waals surface area contributed by atoms with E-state index >= 15 is 0 Å². The van der Waals surface area contributed by atoms with Crippen LogP contribution in [-0.4, -0.2) is 16.2 Å². The molecule has 1 fully saturated rings. The van der Waals surface area contributed by atoms with Crippen molar-refractivity contribution in [2.75, 3.05) is 11.6 Å². The van der Waals surface area contributed by atoms with Crippen LogP contribution in [0.25, 0.3) is 0 Å². The highest BCUT2D eigenvalue weighted by atomic mass is 32.2. The third-order valence-electron chi connectivity index (χ3n) is 2.18. The van der Waals surface area contributed by atoms with Gasteiger partial charge in [0.25, 0.3) is 0 Å². The maximum absolute atomic E-state index is 13.2. The standard InChI is InChI=1S/C9H9F2NOS/c10-6-1-2-8(11)7(3-6)9-4-14(13)5-12-9/h1-3,9,12H,4-5H2. The maximum Gasteiger partial charge on any atom is 0.157 e. The van der Waals surface area contributed by atoms with Crippen molar-refractivity contribution in [1.29, 1.82) is 0 Å². The predicted molar refractivity (Wildman–Crippen MR) is 50.1 cm³/mol. The Balaban J connectivity index is 2.27. The summed E-state index contributed by atoms with van der Waals surface area (Å²) in [5.41, 5.74) is 0.260. The van der Waals surface area contributed by atoms with Crippen molar-refractivity contribution in [3.05, 3.63) is 35.4 Å². The number of hydrogen-bond donors (Lipinski definition) is 1. The Hall–Kier alpha value is -0.650. The molecule has 0 aliphatic carbocycles. The van der Waals surface area contributed by atoms with Gasteiger partial charge in [0.05, 0.1) is 6.04 Å². The summed E-state index contributed by atoms with van der Waals surface area (Å²) < 4.78 is 37.1. The topological polar surface area (TPSA) is 35.1 Å². The summed E-state index contributed by atoms with van der Waals surface area (Å²) in [6.07, 6.45) is 0. The molecule has 5 heteroatoms.